The van der Waals surface area contributed by atoms with Crippen LogP contribution in [0.3, 0.4) is 0 Å². The molecule has 2 heterocycles. The van der Waals surface area contributed by atoms with E-state index in [0.717, 1.165) is 64.2 Å². The van der Waals surface area contributed by atoms with Crippen LogP contribution in [0.1, 0.15) is 54.4 Å². The van der Waals surface area contributed by atoms with E-state index in [-0.39, 0.29) is 12.0 Å². The second kappa shape index (κ2) is 10.2. The highest BCUT2D eigenvalue weighted by atomic mass is 16.5. The lowest BCUT2D eigenvalue weighted by atomic mass is 9.99. The van der Waals surface area contributed by atoms with E-state index in [0.29, 0.717) is 17.2 Å². The number of benzene rings is 2. The lowest BCUT2D eigenvalue weighted by Gasteiger charge is -2.34. The van der Waals surface area contributed by atoms with Crippen molar-refractivity contribution in [2.45, 2.75) is 44.6 Å². The molecule has 1 atom stereocenters. The zero-order valence-electron chi connectivity index (χ0n) is 18.8. The topological polar surface area (TPSA) is 42.0 Å². The van der Waals surface area contributed by atoms with Crippen LogP contribution in [0.5, 0.6) is 11.5 Å². The van der Waals surface area contributed by atoms with E-state index in [1.807, 2.05) is 23.1 Å². The van der Waals surface area contributed by atoms with Crippen molar-refractivity contribution in [1.29, 1.82) is 0 Å². The van der Waals surface area contributed by atoms with Crippen LogP contribution in [0.15, 0.2) is 48.5 Å². The summed E-state index contributed by atoms with van der Waals surface area (Å²) in [7, 11) is 1.65. The third kappa shape index (κ3) is 5.40. The molecular weight excluding hydrogens is 388 g/mol. The molecule has 4 rings (SSSR count). The van der Waals surface area contributed by atoms with Gasteiger partial charge in [-0.05, 0) is 49.3 Å². The number of hydrogen-bond acceptors (Lipinski definition) is 4. The first kappa shape index (κ1) is 21.7. The molecule has 0 saturated carbocycles. The van der Waals surface area contributed by atoms with E-state index >= 15 is 0 Å². The summed E-state index contributed by atoms with van der Waals surface area (Å²) in [6.07, 6.45) is 4.22. The zero-order chi connectivity index (χ0) is 21.6. The zero-order valence-corrected chi connectivity index (χ0v) is 18.8. The number of amides is 1. The summed E-state index contributed by atoms with van der Waals surface area (Å²) in [5, 5.41) is 0. The second-order valence-corrected chi connectivity index (χ2v) is 8.79. The number of ether oxygens (including phenoxy) is 2. The molecular formula is C26H34N2O3. The Hall–Kier alpha value is -2.53. The van der Waals surface area contributed by atoms with Crippen LogP contribution in [-0.4, -0.2) is 61.6 Å². The minimum Gasteiger partial charge on any atom is -0.497 e. The Balaban J connectivity index is 1.37. The maximum Gasteiger partial charge on any atom is 0.257 e. The van der Waals surface area contributed by atoms with Crippen molar-refractivity contribution >= 4 is 5.91 Å². The Kier molecular flexibility index (Phi) is 7.13. The highest BCUT2D eigenvalue weighted by Crippen LogP contribution is 2.30. The lowest BCUT2D eigenvalue weighted by molar-refractivity contribution is 0.0765. The molecule has 2 fully saturated rings. The summed E-state index contributed by atoms with van der Waals surface area (Å²) in [5.74, 6) is 1.97. The predicted molar refractivity (Wildman–Crippen MR) is 123 cm³/mol. The maximum absolute atomic E-state index is 13.0. The van der Waals surface area contributed by atoms with Gasteiger partial charge in [0.1, 0.15) is 17.6 Å². The Bertz CT molecular complexity index is 856. The summed E-state index contributed by atoms with van der Waals surface area (Å²) in [4.78, 5) is 17.5. The largest absolute Gasteiger partial charge is 0.497 e. The number of nitrogens with zero attached hydrogens (tertiary/aromatic N) is 2. The van der Waals surface area contributed by atoms with Crippen molar-refractivity contribution in [1.82, 2.24) is 9.80 Å². The molecule has 0 aliphatic carbocycles. The van der Waals surface area contributed by atoms with E-state index in [1.54, 1.807) is 7.11 Å². The van der Waals surface area contributed by atoms with Crippen molar-refractivity contribution < 1.29 is 14.3 Å². The fraction of sp³-hybridized carbons (Fsp3) is 0.500. The molecule has 5 heteroatoms. The van der Waals surface area contributed by atoms with Gasteiger partial charge in [0.25, 0.3) is 5.91 Å². The highest BCUT2D eigenvalue weighted by molar-refractivity contribution is 5.97. The van der Waals surface area contributed by atoms with Gasteiger partial charge in [-0.3, -0.25) is 4.79 Å². The first-order chi connectivity index (χ1) is 15.1. The van der Waals surface area contributed by atoms with Crippen LogP contribution in [0.25, 0.3) is 0 Å². The number of likely N-dealkylation sites (tertiary alicyclic amines) is 2. The summed E-state index contributed by atoms with van der Waals surface area (Å²) in [6.45, 7) is 7.06. The molecule has 0 bridgehead atoms. The molecule has 1 amide bonds. The Morgan fingerprint density at radius 1 is 1.03 bits per heavy atom. The average molecular weight is 423 g/mol. The smallest absolute Gasteiger partial charge is 0.257 e. The van der Waals surface area contributed by atoms with Crippen LogP contribution in [0, 0.1) is 0 Å². The fourth-order valence-corrected chi connectivity index (χ4v) is 4.66. The van der Waals surface area contributed by atoms with Gasteiger partial charge in [0.05, 0.1) is 12.7 Å². The average Bonchev–Trinajstić information content (AvgIpc) is 3.35. The Morgan fingerprint density at radius 3 is 2.42 bits per heavy atom. The monoisotopic (exact) mass is 422 g/mol. The Morgan fingerprint density at radius 2 is 1.74 bits per heavy atom. The van der Waals surface area contributed by atoms with Crippen LogP contribution < -0.4 is 9.47 Å². The SMILES string of the molecule is COc1ccc(C(=O)N2CCCC2)c(OC2CCN(C[C@H](C)c3ccccc3)CC2)c1. The lowest BCUT2D eigenvalue weighted by Crippen LogP contribution is -2.40. The normalized spacial score (nSPS) is 18.7. The predicted octanol–water partition coefficient (Wildman–Crippen LogP) is 4.58. The summed E-state index contributed by atoms with van der Waals surface area (Å²) in [5.41, 5.74) is 2.05. The summed E-state index contributed by atoms with van der Waals surface area (Å²) in [6, 6.07) is 16.3. The number of piperidine rings is 1. The molecule has 0 radical (unpaired) electrons. The van der Waals surface area contributed by atoms with Gasteiger partial charge < -0.3 is 19.3 Å². The van der Waals surface area contributed by atoms with Crippen LogP contribution in [0.2, 0.25) is 0 Å². The van der Waals surface area contributed by atoms with Crippen LogP contribution in [-0.2, 0) is 0 Å². The third-order valence-corrected chi connectivity index (χ3v) is 6.54. The molecule has 0 unspecified atom stereocenters. The molecule has 2 aliphatic heterocycles. The van der Waals surface area contributed by atoms with E-state index in [4.69, 9.17) is 9.47 Å². The van der Waals surface area contributed by atoms with Gasteiger partial charge in [-0.2, -0.15) is 0 Å². The maximum atomic E-state index is 13.0. The van der Waals surface area contributed by atoms with E-state index in [9.17, 15) is 4.79 Å². The first-order valence-corrected chi connectivity index (χ1v) is 11.6. The van der Waals surface area contributed by atoms with Crippen molar-refractivity contribution in [3.05, 3.63) is 59.7 Å². The summed E-state index contributed by atoms with van der Waals surface area (Å²) >= 11 is 0. The van der Waals surface area contributed by atoms with Crippen LogP contribution >= 0.6 is 0 Å². The van der Waals surface area contributed by atoms with Gasteiger partial charge in [0.2, 0.25) is 0 Å². The number of carbonyl (C=O) groups is 1. The van der Waals surface area contributed by atoms with Gasteiger partial charge in [0.15, 0.2) is 0 Å². The molecule has 5 nitrogen and oxygen atoms in total. The van der Waals surface area contributed by atoms with Gasteiger partial charge in [-0.15, -0.1) is 0 Å². The van der Waals surface area contributed by atoms with E-state index in [1.165, 1.54) is 5.56 Å². The van der Waals surface area contributed by atoms with Gasteiger partial charge in [0, 0.05) is 38.8 Å². The quantitative estimate of drug-likeness (QED) is 0.655. The second-order valence-electron chi connectivity index (χ2n) is 8.79. The van der Waals surface area contributed by atoms with Crippen molar-refractivity contribution in [2.24, 2.45) is 0 Å². The fourth-order valence-electron chi connectivity index (χ4n) is 4.66. The first-order valence-electron chi connectivity index (χ1n) is 11.6. The summed E-state index contributed by atoms with van der Waals surface area (Å²) < 4.78 is 11.8. The minimum atomic E-state index is 0.0734. The molecule has 31 heavy (non-hydrogen) atoms. The Labute approximate surface area is 185 Å². The molecule has 2 aromatic carbocycles. The van der Waals surface area contributed by atoms with Gasteiger partial charge in [-0.1, -0.05) is 37.3 Å². The van der Waals surface area contributed by atoms with E-state index < -0.39 is 0 Å². The highest BCUT2D eigenvalue weighted by Gasteiger charge is 2.26. The number of rotatable bonds is 7. The van der Waals surface area contributed by atoms with Gasteiger partial charge >= 0.3 is 0 Å². The number of carbonyl (C=O) groups excluding carboxylic acids is 1. The van der Waals surface area contributed by atoms with Crippen LogP contribution in [0.4, 0.5) is 0 Å². The third-order valence-electron chi connectivity index (χ3n) is 6.54. The number of hydrogen-bond donors (Lipinski definition) is 0. The van der Waals surface area contributed by atoms with E-state index in [2.05, 4.69) is 42.2 Å². The number of methoxy groups -OCH3 is 1. The van der Waals surface area contributed by atoms with Crippen molar-refractivity contribution in [2.75, 3.05) is 39.8 Å². The molecule has 0 spiro atoms. The molecule has 2 aromatic rings. The minimum absolute atomic E-state index is 0.0734. The molecule has 0 aromatic heterocycles. The molecule has 0 N–H and O–H groups in total. The molecule has 2 saturated heterocycles. The molecule has 166 valence electrons. The van der Waals surface area contributed by atoms with Crippen molar-refractivity contribution in [3.63, 3.8) is 0 Å². The molecule has 2 aliphatic rings. The van der Waals surface area contributed by atoms with Crippen molar-refractivity contribution in [3.8, 4) is 11.5 Å². The standard InChI is InChI=1S/C26H34N2O3/c1-20(21-8-4-3-5-9-21)19-27-16-12-22(13-17-27)31-25-18-23(30-2)10-11-24(25)26(29)28-14-6-7-15-28/h3-5,8-11,18,20,22H,6-7,12-17,19H2,1-2H3/t20-/m0/s1. The van der Waals surface area contributed by atoms with Gasteiger partial charge in [-0.25, -0.2) is 0 Å².